The standard InChI is InChI=1S/C12H24N2S/c1-3-12-11-8-13-7-10(11)9-14(12)5-6-15-4-2/h10-13H,3-9H2,1-2H3. The number of hydrogen-bond acceptors (Lipinski definition) is 3. The van der Waals surface area contributed by atoms with Gasteiger partial charge < -0.3 is 5.32 Å². The van der Waals surface area contributed by atoms with Crippen LogP contribution in [0.5, 0.6) is 0 Å². The lowest BCUT2D eigenvalue weighted by molar-refractivity contribution is 0.231. The predicted molar refractivity (Wildman–Crippen MR) is 68.5 cm³/mol. The van der Waals surface area contributed by atoms with Crippen LogP contribution in [0.2, 0.25) is 0 Å². The maximum atomic E-state index is 3.54. The van der Waals surface area contributed by atoms with E-state index in [2.05, 4.69) is 35.8 Å². The second-order valence-electron chi connectivity index (χ2n) is 4.75. The Morgan fingerprint density at radius 1 is 1.33 bits per heavy atom. The van der Waals surface area contributed by atoms with Gasteiger partial charge in [0.05, 0.1) is 0 Å². The van der Waals surface area contributed by atoms with Gasteiger partial charge in [0.1, 0.15) is 0 Å². The highest BCUT2D eigenvalue weighted by atomic mass is 32.2. The van der Waals surface area contributed by atoms with Crippen molar-refractivity contribution in [2.75, 3.05) is 37.7 Å². The van der Waals surface area contributed by atoms with Crippen molar-refractivity contribution < 1.29 is 0 Å². The van der Waals surface area contributed by atoms with Gasteiger partial charge in [0.15, 0.2) is 0 Å². The van der Waals surface area contributed by atoms with Crippen molar-refractivity contribution >= 4 is 11.8 Å². The summed E-state index contributed by atoms with van der Waals surface area (Å²) in [6, 6.07) is 0.863. The monoisotopic (exact) mass is 228 g/mol. The van der Waals surface area contributed by atoms with Gasteiger partial charge in [-0.25, -0.2) is 0 Å². The highest BCUT2D eigenvalue weighted by Crippen LogP contribution is 2.34. The smallest absolute Gasteiger partial charge is 0.0137 e. The van der Waals surface area contributed by atoms with Crippen molar-refractivity contribution in [3.63, 3.8) is 0 Å². The van der Waals surface area contributed by atoms with Crippen LogP contribution < -0.4 is 5.32 Å². The molecule has 2 fully saturated rings. The highest BCUT2D eigenvalue weighted by Gasteiger charge is 2.42. The lowest BCUT2D eigenvalue weighted by Crippen LogP contribution is -2.36. The Bertz CT molecular complexity index is 198. The fourth-order valence-electron chi connectivity index (χ4n) is 3.26. The third kappa shape index (κ3) is 2.51. The Kier molecular flexibility index (Phi) is 4.35. The van der Waals surface area contributed by atoms with Crippen molar-refractivity contribution in [3.8, 4) is 0 Å². The Labute approximate surface area is 98.2 Å². The molecule has 2 rings (SSSR count). The maximum Gasteiger partial charge on any atom is 0.0137 e. The van der Waals surface area contributed by atoms with Gasteiger partial charge in [-0.15, -0.1) is 0 Å². The Hall–Kier alpha value is 0.270. The molecule has 2 nitrogen and oxygen atoms in total. The Balaban J connectivity index is 1.84. The minimum Gasteiger partial charge on any atom is -0.316 e. The van der Waals surface area contributed by atoms with Crippen LogP contribution in [0.4, 0.5) is 0 Å². The zero-order valence-electron chi connectivity index (χ0n) is 10.0. The van der Waals surface area contributed by atoms with Gasteiger partial charge in [0.25, 0.3) is 0 Å². The molecule has 2 saturated heterocycles. The molecule has 0 saturated carbocycles. The molecule has 0 aliphatic carbocycles. The summed E-state index contributed by atoms with van der Waals surface area (Å²) in [6.07, 6.45) is 1.33. The van der Waals surface area contributed by atoms with Crippen molar-refractivity contribution in [1.82, 2.24) is 10.2 Å². The fraction of sp³-hybridized carbons (Fsp3) is 1.00. The molecule has 0 aromatic carbocycles. The number of thioether (sulfide) groups is 1. The van der Waals surface area contributed by atoms with Crippen LogP contribution >= 0.6 is 11.8 Å². The maximum absolute atomic E-state index is 3.54. The molecule has 1 N–H and O–H groups in total. The first-order valence-electron chi connectivity index (χ1n) is 6.39. The Morgan fingerprint density at radius 3 is 2.93 bits per heavy atom. The number of hydrogen-bond donors (Lipinski definition) is 1. The lowest BCUT2D eigenvalue weighted by atomic mass is 9.93. The Morgan fingerprint density at radius 2 is 2.20 bits per heavy atom. The third-order valence-corrected chi connectivity index (χ3v) is 4.85. The molecule has 15 heavy (non-hydrogen) atoms. The van der Waals surface area contributed by atoms with E-state index < -0.39 is 0 Å². The first kappa shape index (κ1) is 11.7. The van der Waals surface area contributed by atoms with E-state index in [4.69, 9.17) is 0 Å². The summed E-state index contributed by atoms with van der Waals surface area (Å²) in [4.78, 5) is 2.75. The molecule has 88 valence electrons. The van der Waals surface area contributed by atoms with Crippen LogP contribution in [0.15, 0.2) is 0 Å². The topological polar surface area (TPSA) is 15.3 Å². The zero-order chi connectivity index (χ0) is 10.7. The van der Waals surface area contributed by atoms with E-state index >= 15 is 0 Å². The first-order valence-corrected chi connectivity index (χ1v) is 7.54. The average Bonchev–Trinajstić information content (AvgIpc) is 2.77. The van der Waals surface area contributed by atoms with E-state index in [-0.39, 0.29) is 0 Å². The molecule has 2 heterocycles. The molecule has 3 heteroatoms. The van der Waals surface area contributed by atoms with Gasteiger partial charge in [0.2, 0.25) is 0 Å². The van der Waals surface area contributed by atoms with Crippen molar-refractivity contribution in [3.05, 3.63) is 0 Å². The van der Waals surface area contributed by atoms with E-state index in [1.807, 2.05) is 0 Å². The molecule has 3 atom stereocenters. The zero-order valence-corrected chi connectivity index (χ0v) is 10.9. The van der Waals surface area contributed by atoms with E-state index in [1.165, 1.54) is 44.1 Å². The molecule has 0 bridgehead atoms. The molecule has 2 aliphatic heterocycles. The first-order chi connectivity index (χ1) is 7.36. The summed E-state index contributed by atoms with van der Waals surface area (Å²) < 4.78 is 0. The number of nitrogens with one attached hydrogen (secondary N) is 1. The molecule has 0 radical (unpaired) electrons. The summed E-state index contributed by atoms with van der Waals surface area (Å²) in [5.41, 5.74) is 0. The van der Waals surface area contributed by atoms with Gasteiger partial charge in [-0.05, 0) is 37.1 Å². The largest absolute Gasteiger partial charge is 0.316 e. The summed E-state index contributed by atoms with van der Waals surface area (Å²) in [6.45, 7) is 9.79. The van der Waals surface area contributed by atoms with Crippen LogP contribution in [0, 0.1) is 11.8 Å². The average molecular weight is 228 g/mol. The van der Waals surface area contributed by atoms with Gasteiger partial charge in [-0.3, -0.25) is 4.90 Å². The number of fused-ring (bicyclic) bond motifs is 1. The highest BCUT2D eigenvalue weighted by molar-refractivity contribution is 7.99. The van der Waals surface area contributed by atoms with Crippen LogP contribution in [0.3, 0.4) is 0 Å². The minimum atomic E-state index is 0.863. The van der Waals surface area contributed by atoms with Gasteiger partial charge >= 0.3 is 0 Å². The number of rotatable bonds is 5. The SMILES string of the molecule is CCSCCN1CC2CNCC2C1CC. The predicted octanol–water partition coefficient (Wildman–Crippen LogP) is 1.67. The van der Waals surface area contributed by atoms with E-state index in [0.717, 1.165) is 17.9 Å². The summed E-state index contributed by atoms with van der Waals surface area (Å²) in [7, 11) is 0. The van der Waals surface area contributed by atoms with Crippen LogP contribution in [0.1, 0.15) is 20.3 Å². The van der Waals surface area contributed by atoms with E-state index in [1.54, 1.807) is 0 Å². The molecule has 0 aromatic heterocycles. The summed E-state index contributed by atoms with van der Waals surface area (Å²) in [5, 5.41) is 3.54. The molecule has 0 aromatic rings. The summed E-state index contributed by atoms with van der Waals surface area (Å²) in [5.74, 6) is 4.47. The van der Waals surface area contributed by atoms with Crippen molar-refractivity contribution in [2.24, 2.45) is 11.8 Å². The molecule has 0 amide bonds. The second-order valence-corrected chi connectivity index (χ2v) is 6.14. The van der Waals surface area contributed by atoms with Crippen LogP contribution in [-0.2, 0) is 0 Å². The van der Waals surface area contributed by atoms with Crippen molar-refractivity contribution in [2.45, 2.75) is 26.3 Å². The lowest BCUT2D eigenvalue weighted by Gasteiger charge is -2.26. The van der Waals surface area contributed by atoms with Gasteiger partial charge in [-0.2, -0.15) is 11.8 Å². The van der Waals surface area contributed by atoms with Crippen molar-refractivity contribution in [1.29, 1.82) is 0 Å². The normalized spacial score (nSPS) is 36.0. The quantitative estimate of drug-likeness (QED) is 0.721. The molecular formula is C12H24N2S. The van der Waals surface area contributed by atoms with E-state index in [9.17, 15) is 0 Å². The molecule has 3 unspecified atom stereocenters. The van der Waals surface area contributed by atoms with Gasteiger partial charge in [0, 0.05) is 24.9 Å². The molecule has 0 spiro atoms. The number of nitrogens with zero attached hydrogens (tertiary/aromatic N) is 1. The van der Waals surface area contributed by atoms with E-state index in [0.29, 0.717) is 0 Å². The number of likely N-dealkylation sites (tertiary alicyclic amines) is 1. The second kappa shape index (κ2) is 5.55. The fourth-order valence-corrected chi connectivity index (χ4v) is 3.91. The summed E-state index contributed by atoms with van der Waals surface area (Å²) >= 11 is 2.08. The van der Waals surface area contributed by atoms with Crippen LogP contribution in [-0.4, -0.2) is 48.6 Å². The molecular weight excluding hydrogens is 204 g/mol. The third-order valence-electron chi connectivity index (χ3n) is 3.97. The van der Waals surface area contributed by atoms with Crippen LogP contribution in [0.25, 0.3) is 0 Å². The minimum absolute atomic E-state index is 0.863. The molecule has 2 aliphatic rings. The van der Waals surface area contributed by atoms with Gasteiger partial charge in [-0.1, -0.05) is 13.8 Å².